The van der Waals surface area contributed by atoms with Gasteiger partial charge in [-0.25, -0.2) is 0 Å². The summed E-state index contributed by atoms with van der Waals surface area (Å²) in [7, 11) is 0. The Labute approximate surface area is 87.1 Å². The van der Waals surface area contributed by atoms with Crippen LogP contribution in [-0.2, 0) is 16.0 Å². The molecular weight excluding hydrogens is 190 g/mol. The minimum Gasteiger partial charge on any atom is -0.358 e. The molecule has 0 amide bonds. The predicted molar refractivity (Wildman–Crippen MR) is 57.7 cm³/mol. The van der Waals surface area contributed by atoms with Crippen LogP contribution >= 0.6 is 0 Å². The van der Waals surface area contributed by atoms with Crippen LogP contribution in [0.1, 0.15) is 12.1 Å². The number of aldehydes is 1. The molecule has 3 heteroatoms. The zero-order valence-electron chi connectivity index (χ0n) is 8.19. The molecule has 0 saturated heterocycles. The molecule has 0 bridgehead atoms. The molecule has 1 heterocycles. The van der Waals surface area contributed by atoms with Gasteiger partial charge in [-0.1, -0.05) is 18.2 Å². The minimum atomic E-state index is -0.0587. The summed E-state index contributed by atoms with van der Waals surface area (Å²) in [5.74, 6) is -0.0587. The van der Waals surface area contributed by atoms with Crippen LogP contribution in [0.25, 0.3) is 10.9 Å². The van der Waals surface area contributed by atoms with E-state index in [0.717, 1.165) is 16.6 Å². The van der Waals surface area contributed by atoms with Crippen LogP contribution < -0.4 is 0 Å². The number of H-pyrrole nitrogens is 1. The van der Waals surface area contributed by atoms with Crippen molar-refractivity contribution in [3.8, 4) is 0 Å². The van der Waals surface area contributed by atoms with E-state index in [9.17, 15) is 9.59 Å². The van der Waals surface area contributed by atoms with Crippen LogP contribution in [0.2, 0.25) is 0 Å². The largest absolute Gasteiger partial charge is 0.358 e. The summed E-state index contributed by atoms with van der Waals surface area (Å²) in [6, 6.07) is 9.78. The molecule has 3 nitrogen and oxygen atoms in total. The van der Waals surface area contributed by atoms with E-state index in [1.807, 2.05) is 30.3 Å². The van der Waals surface area contributed by atoms with Gasteiger partial charge in [0.25, 0.3) is 0 Å². The quantitative estimate of drug-likeness (QED) is 0.606. The number of para-hydroxylation sites is 1. The van der Waals surface area contributed by atoms with Gasteiger partial charge in [-0.05, 0) is 17.5 Å². The number of carbonyl (C=O) groups is 2. The van der Waals surface area contributed by atoms with Crippen LogP contribution in [0.15, 0.2) is 30.3 Å². The first-order valence-corrected chi connectivity index (χ1v) is 4.81. The zero-order valence-corrected chi connectivity index (χ0v) is 8.19. The van der Waals surface area contributed by atoms with Crippen LogP contribution in [0.3, 0.4) is 0 Å². The number of aromatic nitrogens is 1. The molecule has 0 saturated carbocycles. The molecule has 2 aromatic rings. The van der Waals surface area contributed by atoms with Crippen molar-refractivity contribution in [2.75, 3.05) is 0 Å². The Hall–Kier alpha value is -1.90. The van der Waals surface area contributed by atoms with Crippen molar-refractivity contribution in [1.29, 1.82) is 0 Å². The van der Waals surface area contributed by atoms with E-state index in [1.54, 1.807) is 0 Å². The summed E-state index contributed by atoms with van der Waals surface area (Å²) in [6.45, 7) is 0. The van der Waals surface area contributed by atoms with Crippen LogP contribution in [0.4, 0.5) is 0 Å². The number of Topliss-reactive ketones (excluding diaryl/α,β-unsaturated/α-hetero) is 1. The molecule has 0 radical (unpaired) electrons. The molecule has 2 rings (SSSR count). The highest BCUT2D eigenvalue weighted by atomic mass is 16.1. The average Bonchev–Trinajstić information content (AvgIpc) is 2.59. The molecule has 15 heavy (non-hydrogen) atoms. The van der Waals surface area contributed by atoms with Crippen molar-refractivity contribution in [2.45, 2.75) is 12.8 Å². The molecule has 0 aliphatic heterocycles. The van der Waals surface area contributed by atoms with Gasteiger partial charge in [0.2, 0.25) is 0 Å². The van der Waals surface area contributed by atoms with Crippen molar-refractivity contribution in [1.82, 2.24) is 4.98 Å². The zero-order chi connectivity index (χ0) is 10.7. The Morgan fingerprint density at radius 3 is 2.87 bits per heavy atom. The Balaban J connectivity index is 2.22. The number of aromatic amines is 1. The lowest BCUT2D eigenvalue weighted by atomic mass is 10.2. The Kier molecular flexibility index (Phi) is 2.63. The van der Waals surface area contributed by atoms with Crippen LogP contribution in [-0.4, -0.2) is 17.1 Å². The van der Waals surface area contributed by atoms with Gasteiger partial charge in [-0.2, -0.15) is 0 Å². The Morgan fingerprint density at radius 1 is 1.33 bits per heavy atom. The standard InChI is InChI=1S/C12H11NO2/c14-6-5-11(15)8-10-7-9-3-1-2-4-12(9)13-10/h1-4,6-7,13H,5,8H2. The third kappa shape index (κ3) is 2.13. The first-order chi connectivity index (χ1) is 7.29. The van der Waals surface area contributed by atoms with Crippen molar-refractivity contribution < 1.29 is 9.59 Å². The average molecular weight is 201 g/mol. The summed E-state index contributed by atoms with van der Waals surface area (Å²) in [6.07, 6.45) is 0.938. The molecule has 0 aliphatic rings. The highest BCUT2D eigenvalue weighted by molar-refractivity contribution is 5.92. The highest BCUT2D eigenvalue weighted by Crippen LogP contribution is 2.15. The van der Waals surface area contributed by atoms with Gasteiger partial charge in [-0.3, -0.25) is 4.79 Å². The lowest BCUT2D eigenvalue weighted by molar-refractivity contribution is -0.121. The van der Waals surface area contributed by atoms with Crippen molar-refractivity contribution >= 4 is 23.0 Å². The minimum absolute atomic E-state index is 0.00460. The molecule has 0 fully saturated rings. The van der Waals surface area contributed by atoms with E-state index in [1.165, 1.54) is 0 Å². The van der Waals surface area contributed by atoms with Gasteiger partial charge in [-0.15, -0.1) is 0 Å². The molecule has 1 aromatic heterocycles. The maximum absolute atomic E-state index is 11.2. The van der Waals surface area contributed by atoms with Gasteiger partial charge in [0.1, 0.15) is 12.1 Å². The maximum atomic E-state index is 11.2. The van der Waals surface area contributed by atoms with Crippen molar-refractivity contribution in [3.05, 3.63) is 36.0 Å². The molecule has 76 valence electrons. The predicted octanol–water partition coefficient (Wildman–Crippen LogP) is 1.87. The number of carbonyl (C=O) groups excluding carboxylic acids is 2. The van der Waals surface area contributed by atoms with E-state index >= 15 is 0 Å². The topological polar surface area (TPSA) is 49.9 Å². The van der Waals surface area contributed by atoms with E-state index in [4.69, 9.17) is 0 Å². The van der Waals surface area contributed by atoms with Gasteiger partial charge in [0, 0.05) is 17.6 Å². The fourth-order valence-corrected chi connectivity index (χ4v) is 1.61. The number of fused-ring (bicyclic) bond motifs is 1. The second-order valence-corrected chi connectivity index (χ2v) is 3.47. The molecular formula is C12H11NO2. The molecule has 0 atom stereocenters. The third-order valence-corrected chi connectivity index (χ3v) is 2.28. The Morgan fingerprint density at radius 2 is 2.13 bits per heavy atom. The van der Waals surface area contributed by atoms with E-state index in [0.29, 0.717) is 12.7 Å². The molecule has 1 aromatic carbocycles. The maximum Gasteiger partial charge on any atom is 0.145 e. The van der Waals surface area contributed by atoms with E-state index < -0.39 is 0 Å². The molecule has 0 spiro atoms. The van der Waals surface area contributed by atoms with Crippen LogP contribution in [0, 0.1) is 0 Å². The van der Waals surface area contributed by atoms with Crippen molar-refractivity contribution in [2.24, 2.45) is 0 Å². The highest BCUT2D eigenvalue weighted by Gasteiger charge is 2.05. The summed E-state index contributed by atoms with van der Waals surface area (Å²) in [5, 5.41) is 1.09. The second kappa shape index (κ2) is 4.09. The monoisotopic (exact) mass is 201 g/mol. The van der Waals surface area contributed by atoms with Gasteiger partial charge >= 0.3 is 0 Å². The first-order valence-electron chi connectivity index (χ1n) is 4.81. The number of benzene rings is 1. The smallest absolute Gasteiger partial charge is 0.145 e. The first kappa shape index (κ1) is 9.65. The number of rotatable bonds is 4. The normalized spacial score (nSPS) is 10.4. The Bertz CT molecular complexity index is 466. The van der Waals surface area contributed by atoms with Gasteiger partial charge in [0.15, 0.2) is 0 Å². The second-order valence-electron chi connectivity index (χ2n) is 3.47. The third-order valence-electron chi connectivity index (χ3n) is 2.28. The fourth-order valence-electron chi connectivity index (χ4n) is 1.61. The van der Waals surface area contributed by atoms with E-state index in [-0.39, 0.29) is 12.2 Å². The number of hydrogen-bond donors (Lipinski definition) is 1. The summed E-state index contributed by atoms with van der Waals surface area (Å²) >= 11 is 0. The van der Waals surface area contributed by atoms with Crippen molar-refractivity contribution in [3.63, 3.8) is 0 Å². The summed E-state index contributed by atoms with van der Waals surface area (Å²) in [5.41, 5.74) is 1.88. The summed E-state index contributed by atoms with van der Waals surface area (Å²) in [4.78, 5) is 24.5. The number of ketones is 1. The van der Waals surface area contributed by atoms with Crippen LogP contribution in [0.5, 0.6) is 0 Å². The summed E-state index contributed by atoms with van der Waals surface area (Å²) < 4.78 is 0. The number of nitrogens with one attached hydrogen (secondary N) is 1. The van der Waals surface area contributed by atoms with Gasteiger partial charge in [0.05, 0.1) is 6.42 Å². The lowest BCUT2D eigenvalue weighted by Crippen LogP contribution is -2.02. The van der Waals surface area contributed by atoms with E-state index in [2.05, 4.69) is 4.98 Å². The fraction of sp³-hybridized carbons (Fsp3) is 0.167. The molecule has 0 unspecified atom stereocenters. The molecule has 0 aliphatic carbocycles. The lowest BCUT2D eigenvalue weighted by Gasteiger charge is -1.92. The van der Waals surface area contributed by atoms with Gasteiger partial charge < -0.3 is 9.78 Å². The SMILES string of the molecule is O=CCC(=O)Cc1cc2ccccc2[nH]1. The molecule has 1 N–H and O–H groups in total. The number of hydrogen-bond acceptors (Lipinski definition) is 2.